The van der Waals surface area contributed by atoms with Crippen molar-refractivity contribution in [1.82, 2.24) is 10.6 Å². The van der Waals surface area contributed by atoms with E-state index in [0.717, 1.165) is 36.4 Å². The van der Waals surface area contributed by atoms with E-state index >= 15 is 0 Å². The van der Waals surface area contributed by atoms with E-state index in [4.69, 9.17) is 0 Å². The van der Waals surface area contributed by atoms with Crippen molar-refractivity contribution in [2.24, 2.45) is 0 Å². The van der Waals surface area contributed by atoms with Gasteiger partial charge in [0.25, 0.3) is 0 Å². The Hall–Kier alpha value is -1.56. The summed E-state index contributed by atoms with van der Waals surface area (Å²) in [6.45, 7) is 1.83. The van der Waals surface area contributed by atoms with Crippen molar-refractivity contribution in [2.75, 3.05) is 13.1 Å². The summed E-state index contributed by atoms with van der Waals surface area (Å²) < 4.78 is 13.1. The van der Waals surface area contributed by atoms with Gasteiger partial charge in [0.15, 0.2) is 0 Å². The van der Waals surface area contributed by atoms with Crippen LogP contribution in [0.2, 0.25) is 0 Å². The average molecular weight is 381 g/mol. The highest BCUT2D eigenvalue weighted by Crippen LogP contribution is 2.35. The quantitative estimate of drug-likeness (QED) is 0.772. The van der Waals surface area contributed by atoms with Crippen LogP contribution in [0, 0.1) is 5.82 Å². The Labute approximate surface area is 158 Å². The van der Waals surface area contributed by atoms with Crippen molar-refractivity contribution in [3.63, 3.8) is 0 Å². The van der Waals surface area contributed by atoms with Gasteiger partial charge in [-0.15, -0.1) is 24.2 Å². The zero-order chi connectivity index (χ0) is 16.8. The molecule has 1 amide bonds. The summed E-state index contributed by atoms with van der Waals surface area (Å²) in [4.78, 5) is 13.7. The van der Waals surface area contributed by atoms with Crippen LogP contribution in [-0.4, -0.2) is 25.0 Å². The third kappa shape index (κ3) is 5.73. The van der Waals surface area contributed by atoms with Gasteiger partial charge in [-0.25, -0.2) is 4.39 Å². The molecule has 6 heteroatoms. The molecule has 2 aromatic carbocycles. The number of benzene rings is 2. The summed E-state index contributed by atoms with van der Waals surface area (Å²) in [5, 5.41) is 6.12. The highest BCUT2D eigenvalue weighted by molar-refractivity contribution is 8.00. The van der Waals surface area contributed by atoms with Gasteiger partial charge in [-0.2, -0.15) is 0 Å². The molecule has 0 spiro atoms. The lowest BCUT2D eigenvalue weighted by Crippen LogP contribution is -2.46. The molecule has 0 aromatic heterocycles. The summed E-state index contributed by atoms with van der Waals surface area (Å²) in [5.74, 6) is -0.266. The molecule has 0 saturated carbocycles. The van der Waals surface area contributed by atoms with Crippen LogP contribution in [0.5, 0.6) is 0 Å². The first-order chi connectivity index (χ1) is 11.7. The predicted molar refractivity (Wildman–Crippen MR) is 103 cm³/mol. The number of carbonyl (C=O) groups is 1. The van der Waals surface area contributed by atoms with Crippen LogP contribution < -0.4 is 10.6 Å². The second-order valence-corrected chi connectivity index (χ2v) is 7.09. The molecule has 0 radical (unpaired) electrons. The van der Waals surface area contributed by atoms with Crippen molar-refractivity contribution in [1.29, 1.82) is 0 Å². The number of nitrogens with one attached hydrogen (secondary N) is 2. The molecular weight excluding hydrogens is 359 g/mol. The molecule has 2 aromatic rings. The third-order valence-corrected chi connectivity index (χ3v) is 5.32. The zero-order valence-electron chi connectivity index (χ0n) is 13.8. The Morgan fingerprint density at radius 3 is 2.52 bits per heavy atom. The molecule has 2 N–H and O–H groups in total. The van der Waals surface area contributed by atoms with Crippen molar-refractivity contribution >= 4 is 30.1 Å². The zero-order valence-corrected chi connectivity index (χ0v) is 15.4. The molecule has 1 saturated heterocycles. The smallest absolute Gasteiger partial charge is 0.238 e. The van der Waals surface area contributed by atoms with Crippen LogP contribution in [0.25, 0.3) is 0 Å². The molecule has 25 heavy (non-hydrogen) atoms. The highest BCUT2D eigenvalue weighted by Gasteiger charge is 2.25. The van der Waals surface area contributed by atoms with Gasteiger partial charge < -0.3 is 10.6 Å². The molecule has 0 aliphatic carbocycles. The maximum Gasteiger partial charge on any atom is 0.238 e. The van der Waals surface area contributed by atoms with Crippen LogP contribution in [0.3, 0.4) is 0 Å². The highest BCUT2D eigenvalue weighted by atomic mass is 35.5. The number of amides is 1. The minimum Gasteiger partial charge on any atom is -0.351 e. The molecule has 134 valence electrons. The number of rotatable bonds is 5. The summed E-state index contributed by atoms with van der Waals surface area (Å²) >= 11 is 1.45. The minimum absolute atomic E-state index is 0. The lowest BCUT2D eigenvalue weighted by atomic mass is 10.1. The van der Waals surface area contributed by atoms with E-state index in [0.29, 0.717) is 0 Å². The average Bonchev–Trinajstić information content (AvgIpc) is 2.63. The van der Waals surface area contributed by atoms with Crippen LogP contribution in [-0.2, 0) is 4.79 Å². The Morgan fingerprint density at radius 2 is 1.88 bits per heavy atom. The Kier molecular flexibility index (Phi) is 7.75. The first-order valence-electron chi connectivity index (χ1n) is 8.20. The van der Waals surface area contributed by atoms with E-state index in [9.17, 15) is 9.18 Å². The largest absolute Gasteiger partial charge is 0.351 e. The van der Waals surface area contributed by atoms with Gasteiger partial charge in [0.2, 0.25) is 5.91 Å². The molecule has 3 nitrogen and oxygen atoms in total. The van der Waals surface area contributed by atoms with E-state index in [1.165, 1.54) is 23.9 Å². The molecular formula is C19H22ClFN2OS. The summed E-state index contributed by atoms with van der Waals surface area (Å²) in [6, 6.07) is 16.2. The van der Waals surface area contributed by atoms with Gasteiger partial charge in [0.1, 0.15) is 11.1 Å². The van der Waals surface area contributed by atoms with Crippen LogP contribution in [0.15, 0.2) is 59.5 Å². The van der Waals surface area contributed by atoms with E-state index in [1.807, 2.05) is 30.3 Å². The fraction of sp³-hybridized carbons (Fsp3) is 0.316. The summed E-state index contributed by atoms with van der Waals surface area (Å²) in [7, 11) is 0. The standard InChI is InChI=1S/C19H21FN2OS.ClH/c20-15-8-10-17(11-9-15)24-18(14-5-2-1-3-6-14)19(23)22-16-7-4-12-21-13-16;/h1-3,5-6,8-11,16,18,21H,4,7,12-13H2,(H,22,23);1H/t16-,18?;/m0./s1. The lowest BCUT2D eigenvalue weighted by Gasteiger charge is -2.26. The second kappa shape index (κ2) is 9.80. The Balaban J connectivity index is 0.00000225. The molecule has 1 fully saturated rings. The Bertz CT molecular complexity index is 663. The van der Waals surface area contributed by atoms with E-state index in [1.54, 1.807) is 12.1 Å². The molecule has 3 rings (SSSR count). The molecule has 0 bridgehead atoms. The van der Waals surface area contributed by atoms with Crippen molar-refractivity contribution in [3.8, 4) is 0 Å². The molecule has 1 unspecified atom stereocenters. The fourth-order valence-electron chi connectivity index (χ4n) is 2.80. The Morgan fingerprint density at radius 1 is 1.16 bits per heavy atom. The van der Waals surface area contributed by atoms with Crippen molar-refractivity contribution in [3.05, 3.63) is 66.0 Å². The van der Waals surface area contributed by atoms with Gasteiger partial charge in [-0.05, 0) is 49.2 Å². The maximum atomic E-state index is 13.1. The molecule has 2 atom stereocenters. The van der Waals surface area contributed by atoms with Crippen molar-refractivity contribution < 1.29 is 9.18 Å². The van der Waals surface area contributed by atoms with Gasteiger partial charge in [0, 0.05) is 17.5 Å². The predicted octanol–water partition coefficient (Wildman–Crippen LogP) is 3.95. The number of carbonyl (C=O) groups excluding carboxylic acids is 1. The molecule has 1 aliphatic heterocycles. The third-order valence-electron chi connectivity index (χ3n) is 4.05. The number of piperidine rings is 1. The maximum absolute atomic E-state index is 13.1. The molecule has 1 aliphatic rings. The number of hydrogen-bond donors (Lipinski definition) is 2. The monoisotopic (exact) mass is 380 g/mol. The number of halogens is 2. The van der Waals surface area contributed by atoms with Gasteiger partial charge in [-0.3, -0.25) is 4.79 Å². The van der Waals surface area contributed by atoms with Gasteiger partial charge >= 0.3 is 0 Å². The normalized spacial score (nSPS) is 18.0. The van der Waals surface area contributed by atoms with Crippen LogP contribution >= 0.6 is 24.2 Å². The summed E-state index contributed by atoms with van der Waals surface area (Å²) in [5.41, 5.74) is 0.952. The lowest BCUT2D eigenvalue weighted by molar-refractivity contribution is -0.121. The molecule has 1 heterocycles. The summed E-state index contributed by atoms with van der Waals surface area (Å²) in [6.07, 6.45) is 2.08. The van der Waals surface area contributed by atoms with E-state index in [2.05, 4.69) is 10.6 Å². The number of hydrogen-bond acceptors (Lipinski definition) is 3. The first kappa shape index (κ1) is 19.8. The van der Waals surface area contributed by atoms with Gasteiger partial charge in [-0.1, -0.05) is 30.3 Å². The van der Waals surface area contributed by atoms with Crippen LogP contribution in [0.1, 0.15) is 23.7 Å². The van der Waals surface area contributed by atoms with Crippen LogP contribution in [0.4, 0.5) is 4.39 Å². The number of thioether (sulfide) groups is 1. The van der Waals surface area contributed by atoms with E-state index < -0.39 is 0 Å². The SMILES string of the molecule is Cl.O=C(N[C@H]1CCCNC1)C(Sc1ccc(F)cc1)c1ccccc1. The van der Waals surface area contributed by atoms with Gasteiger partial charge in [0.05, 0.1) is 0 Å². The van der Waals surface area contributed by atoms with E-state index in [-0.39, 0.29) is 35.4 Å². The van der Waals surface area contributed by atoms with Crippen molar-refractivity contribution in [2.45, 2.75) is 29.0 Å². The first-order valence-corrected chi connectivity index (χ1v) is 9.08. The second-order valence-electron chi connectivity index (χ2n) is 5.91. The minimum atomic E-state index is -0.349. The topological polar surface area (TPSA) is 41.1 Å². The fourth-order valence-corrected chi connectivity index (χ4v) is 3.84.